The molecule has 1 rings (SSSR count). The van der Waals surface area contributed by atoms with Gasteiger partial charge in [0.1, 0.15) is 0 Å². The molecule has 1 aromatic carbocycles. The van der Waals surface area contributed by atoms with Gasteiger partial charge in [0.15, 0.2) is 0 Å². The Morgan fingerprint density at radius 3 is 1.75 bits per heavy atom. The van der Waals surface area contributed by atoms with E-state index in [0.717, 1.165) is 0 Å². The van der Waals surface area contributed by atoms with Crippen LogP contribution < -0.4 is 0 Å². The van der Waals surface area contributed by atoms with Gasteiger partial charge in [0.2, 0.25) is 0 Å². The maximum absolute atomic E-state index is 2.16. The van der Waals surface area contributed by atoms with Crippen LogP contribution in [0.5, 0.6) is 0 Å². The van der Waals surface area contributed by atoms with Gasteiger partial charge in [0.05, 0.1) is 0 Å². The van der Waals surface area contributed by atoms with E-state index in [1.807, 2.05) is 0 Å². The molecule has 0 saturated heterocycles. The molecule has 0 saturated carbocycles. The van der Waals surface area contributed by atoms with Crippen molar-refractivity contribution in [3.63, 3.8) is 0 Å². The number of rotatable bonds is 1. The molecule has 0 fully saturated rings. The first-order chi connectivity index (χ1) is 4.70. The summed E-state index contributed by atoms with van der Waals surface area (Å²) in [5.41, 5.74) is 2.66. The van der Waals surface area contributed by atoms with Crippen molar-refractivity contribution in [3.05, 3.63) is 48.7 Å². The van der Waals surface area contributed by atoms with Crippen molar-refractivity contribution in [2.45, 2.75) is 20.8 Å². The Balaban J connectivity index is 0. The molecule has 12 heavy (non-hydrogen) atoms. The van der Waals surface area contributed by atoms with Crippen LogP contribution >= 0.6 is 0 Å². The van der Waals surface area contributed by atoms with E-state index in [0.29, 0.717) is 0 Å². The molecule has 0 aromatic heterocycles. The fourth-order valence-corrected chi connectivity index (χ4v) is 0.887. The van der Waals surface area contributed by atoms with Gasteiger partial charge in [-0.15, -0.1) is 12.1 Å². The zero-order valence-corrected chi connectivity index (χ0v) is 12.5. The van der Waals surface area contributed by atoms with Crippen LogP contribution in [0.1, 0.15) is 25.0 Å². The standard InChI is InChI=1S/C10H13.CH3.U/c1-8(2)10-6-4-9(3)5-7-10;;/h4-7H,1-3H3;1H3;/q2*-1;+2. The second-order valence-electron chi connectivity index (χ2n) is 2.87. The van der Waals surface area contributed by atoms with Gasteiger partial charge >= 0.3 is 31.1 Å². The minimum absolute atomic E-state index is 0. The van der Waals surface area contributed by atoms with Gasteiger partial charge in [-0.25, -0.2) is 0 Å². The van der Waals surface area contributed by atoms with Crippen LogP contribution in [0.2, 0.25) is 0 Å². The monoisotopic (exact) mass is 386 g/mol. The van der Waals surface area contributed by atoms with Crippen molar-refractivity contribution in [2.75, 3.05) is 0 Å². The number of hydrogen-bond donors (Lipinski definition) is 0. The maximum Gasteiger partial charge on any atom is 2.00 e. The van der Waals surface area contributed by atoms with Crippen LogP contribution in [-0.2, 0) is 0 Å². The molecule has 0 aliphatic carbocycles. The second kappa shape index (κ2) is 6.64. The first-order valence-electron chi connectivity index (χ1n) is 3.57. The van der Waals surface area contributed by atoms with Gasteiger partial charge in [-0.2, -0.15) is 23.6 Å². The van der Waals surface area contributed by atoms with Gasteiger partial charge in [0, 0.05) is 0 Å². The summed E-state index contributed by atoms with van der Waals surface area (Å²) in [7, 11) is 0. The van der Waals surface area contributed by atoms with Crippen LogP contribution in [0, 0.1) is 51.4 Å². The molecule has 0 unspecified atom stereocenters. The Morgan fingerprint density at radius 1 is 1.00 bits per heavy atom. The van der Waals surface area contributed by atoms with Crippen molar-refractivity contribution in [1.82, 2.24) is 0 Å². The summed E-state index contributed by atoms with van der Waals surface area (Å²) >= 11 is 0. The van der Waals surface area contributed by atoms with Crippen molar-refractivity contribution in [1.29, 1.82) is 0 Å². The zero-order chi connectivity index (χ0) is 7.56. The van der Waals surface area contributed by atoms with E-state index in [1.54, 1.807) is 0 Å². The molecule has 0 amide bonds. The van der Waals surface area contributed by atoms with E-state index in [-0.39, 0.29) is 38.5 Å². The Hall–Kier alpha value is 0.142. The summed E-state index contributed by atoms with van der Waals surface area (Å²) in [6, 6.07) is 8.60. The fourth-order valence-electron chi connectivity index (χ4n) is 0.887. The number of aryl methyl sites for hydroxylation is 1. The van der Waals surface area contributed by atoms with E-state index < -0.39 is 0 Å². The molecule has 0 atom stereocenters. The average Bonchev–Trinajstić information content (AvgIpc) is 1.88. The molecule has 64 valence electrons. The molecule has 0 aliphatic heterocycles. The summed E-state index contributed by atoms with van der Waals surface area (Å²) in [5.74, 6) is 1.38. The molecule has 0 bridgehead atoms. The molecule has 0 N–H and O–H groups in total. The van der Waals surface area contributed by atoms with E-state index >= 15 is 0 Å². The zero-order valence-electron chi connectivity index (χ0n) is 8.31. The van der Waals surface area contributed by atoms with Crippen molar-refractivity contribution in [2.24, 2.45) is 0 Å². The molecule has 0 nitrogen and oxygen atoms in total. The molecule has 1 aromatic rings. The molecule has 1 heteroatoms. The second-order valence-corrected chi connectivity index (χ2v) is 2.87. The van der Waals surface area contributed by atoms with Gasteiger partial charge in [-0.1, -0.05) is 19.4 Å². The van der Waals surface area contributed by atoms with Gasteiger partial charge in [-0.3, -0.25) is 0 Å². The SMILES string of the molecule is Cc1ccc([C-](C)C)cc1.[CH3-].[U+2]. The third-order valence-electron chi connectivity index (χ3n) is 1.63. The van der Waals surface area contributed by atoms with E-state index in [1.165, 1.54) is 17.0 Å². The van der Waals surface area contributed by atoms with Crippen LogP contribution in [0.4, 0.5) is 0 Å². The third-order valence-corrected chi connectivity index (χ3v) is 1.63. The quantitative estimate of drug-likeness (QED) is 0.649. The fraction of sp³-hybridized carbons (Fsp3) is 0.273. The summed E-state index contributed by atoms with van der Waals surface area (Å²) in [5, 5.41) is 0. The van der Waals surface area contributed by atoms with Crippen molar-refractivity contribution >= 4 is 0 Å². The van der Waals surface area contributed by atoms with E-state index in [9.17, 15) is 0 Å². The Kier molecular flexibility index (Phi) is 8.10. The van der Waals surface area contributed by atoms with E-state index in [4.69, 9.17) is 0 Å². The Labute approximate surface area is 100 Å². The summed E-state index contributed by atoms with van der Waals surface area (Å²) < 4.78 is 0. The Bertz CT molecular complexity index is 199. The smallest absolute Gasteiger partial charge is 0.358 e. The minimum Gasteiger partial charge on any atom is -0.358 e. The number of benzene rings is 1. The molecular weight excluding hydrogens is 370 g/mol. The molecule has 0 aliphatic rings. The van der Waals surface area contributed by atoms with E-state index in [2.05, 4.69) is 45.0 Å². The van der Waals surface area contributed by atoms with Crippen LogP contribution in [-0.4, -0.2) is 0 Å². The first kappa shape index (κ1) is 14.7. The largest absolute Gasteiger partial charge is 2.00 e. The average molecular weight is 386 g/mol. The topological polar surface area (TPSA) is 0 Å². The Morgan fingerprint density at radius 2 is 1.42 bits per heavy atom. The predicted octanol–water partition coefficient (Wildman–Crippen LogP) is 3.41. The molecular formula is C11H16U. The predicted molar refractivity (Wildman–Crippen MR) is 51.3 cm³/mol. The summed E-state index contributed by atoms with van der Waals surface area (Å²) in [6.07, 6.45) is 0. The van der Waals surface area contributed by atoms with Crippen LogP contribution in [0.3, 0.4) is 0 Å². The maximum atomic E-state index is 2.16. The normalized spacial score (nSPS) is 7.92. The van der Waals surface area contributed by atoms with Crippen molar-refractivity contribution in [3.8, 4) is 0 Å². The number of hydrogen-bond acceptors (Lipinski definition) is 0. The molecule has 0 spiro atoms. The van der Waals surface area contributed by atoms with Crippen molar-refractivity contribution < 1.29 is 31.1 Å². The van der Waals surface area contributed by atoms with Crippen LogP contribution in [0.25, 0.3) is 0 Å². The van der Waals surface area contributed by atoms with Gasteiger partial charge in [-0.05, 0) is 6.92 Å². The van der Waals surface area contributed by atoms with Crippen LogP contribution in [0.15, 0.2) is 24.3 Å². The molecule has 0 heterocycles. The summed E-state index contributed by atoms with van der Waals surface area (Å²) in [6.45, 7) is 6.37. The summed E-state index contributed by atoms with van der Waals surface area (Å²) in [4.78, 5) is 0. The van der Waals surface area contributed by atoms with Gasteiger partial charge < -0.3 is 7.43 Å². The molecule has 0 radical (unpaired) electrons. The first-order valence-corrected chi connectivity index (χ1v) is 3.57. The minimum atomic E-state index is 0. The van der Waals surface area contributed by atoms with Gasteiger partial charge in [0.25, 0.3) is 0 Å². The third kappa shape index (κ3) is 4.24.